The number of nitrogens with one attached hydrogen (secondary N) is 1. The molecule has 116 valence electrons. The fourth-order valence-electron chi connectivity index (χ4n) is 3.84. The van der Waals surface area contributed by atoms with Gasteiger partial charge in [0.2, 0.25) is 0 Å². The van der Waals surface area contributed by atoms with Gasteiger partial charge in [-0.25, -0.2) is 9.37 Å². The molecule has 3 rings (SSSR count). The van der Waals surface area contributed by atoms with Crippen molar-refractivity contribution in [2.45, 2.75) is 57.5 Å². The van der Waals surface area contributed by atoms with Crippen molar-refractivity contribution >= 4 is 5.82 Å². The van der Waals surface area contributed by atoms with Crippen LogP contribution in [0.2, 0.25) is 0 Å². The molecule has 0 spiro atoms. The fourth-order valence-corrected chi connectivity index (χ4v) is 3.84. The number of aromatic nitrogens is 1. The molecule has 4 heteroatoms. The van der Waals surface area contributed by atoms with Crippen LogP contribution in [0.3, 0.4) is 0 Å². The smallest absolute Gasteiger partial charge is 0.165 e. The van der Waals surface area contributed by atoms with E-state index in [1.54, 1.807) is 12.3 Å². The topological polar surface area (TPSA) is 28.2 Å². The molecule has 0 unspecified atom stereocenters. The number of halogens is 1. The predicted molar refractivity (Wildman–Crippen MR) is 84.0 cm³/mol. The van der Waals surface area contributed by atoms with Crippen molar-refractivity contribution < 1.29 is 4.39 Å². The van der Waals surface area contributed by atoms with Crippen LogP contribution in [0.1, 0.15) is 45.4 Å². The van der Waals surface area contributed by atoms with Crippen LogP contribution in [0.15, 0.2) is 18.3 Å². The van der Waals surface area contributed by atoms with E-state index < -0.39 is 0 Å². The van der Waals surface area contributed by atoms with Gasteiger partial charge >= 0.3 is 0 Å². The molecule has 2 fully saturated rings. The average molecular weight is 291 g/mol. The Morgan fingerprint density at radius 3 is 2.86 bits per heavy atom. The Balaban J connectivity index is 1.53. The Kier molecular flexibility index (Phi) is 4.73. The normalized spacial score (nSPS) is 25.2. The molecule has 3 nitrogen and oxygen atoms in total. The summed E-state index contributed by atoms with van der Waals surface area (Å²) < 4.78 is 13.8. The number of pyridine rings is 1. The molecule has 1 saturated carbocycles. The van der Waals surface area contributed by atoms with E-state index >= 15 is 0 Å². The molecule has 2 atom stereocenters. The van der Waals surface area contributed by atoms with E-state index in [2.05, 4.69) is 22.1 Å². The summed E-state index contributed by atoms with van der Waals surface area (Å²) in [6.45, 7) is 4.08. The molecule has 1 aromatic heterocycles. The van der Waals surface area contributed by atoms with Crippen molar-refractivity contribution in [1.82, 2.24) is 10.3 Å². The van der Waals surface area contributed by atoms with Gasteiger partial charge in [-0.15, -0.1) is 0 Å². The molecule has 1 aromatic rings. The van der Waals surface area contributed by atoms with Gasteiger partial charge in [-0.2, -0.15) is 0 Å². The van der Waals surface area contributed by atoms with Gasteiger partial charge in [0.1, 0.15) is 0 Å². The Labute approximate surface area is 126 Å². The molecular formula is C17H26FN3. The second-order valence-electron chi connectivity index (χ2n) is 6.59. The Morgan fingerprint density at radius 2 is 2.10 bits per heavy atom. The van der Waals surface area contributed by atoms with E-state index in [-0.39, 0.29) is 5.82 Å². The van der Waals surface area contributed by atoms with E-state index in [9.17, 15) is 4.39 Å². The summed E-state index contributed by atoms with van der Waals surface area (Å²) in [5.41, 5.74) is 0. The second kappa shape index (κ2) is 6.73. The van der Waals surface area contributed by atoms with Crippen LogP contribution in [-0.2, 0) is 0 Å². The van der Waals surface area contributed by atoms with Gasteiger partial charge in [-0.3, -0.25) is 0 Å². The minimum atomic E-state index is -0.210. The maximum absolute atomic E-state index is 13.8. The molecule has 1 aliphatic heterocycles. The Morgan fingerprint density at radius 1 is 1.29 bits per heavy atom. The van der Waals surface area contributed by atoms with E-state index in [1.807, 2.05) is 0 Å². The van der Waals surface area contributed by atoms with E-state index in [0.29, 0.717) is 17.9 Å². The summed E-state index contributed by atoms with van der Waals surface area (Å²) in [6.07, 6.45) is 9.63. The molecule has 2 aliphatic rings. The van der Waals surface area contributed by atoms with Crippen LogP contribution in [0.25, 0.3) is 0 Å². The van der Waals surface area contributed by atoms with Gasteiger partial charge in [0.25, 0.3) is 0 Å². The lowest BCUT2D eigenvalue weighted by atomic mass is 9.84. The maximum Gasteiger partial charge on any atom is 0.165 e. The van der Waals surface area contributed by atoms with Gasteiger partial charge in [-0.05, 0) is 44.2 Å². The van der Waals surface area contributed by atoms with Crippen molar-refractivity contribution in [3.05, 3.63) is 24.1 Å². The predicted octanol–water partition coefficient (Wildman–Crippen LogP) is 3.36. The zero-order valence-corrected chi connectivity index (χ0v) is 12.9. The van der Waals surface area contributed by atoms with Crippen molar-refractivity contribution in [3.63, 3.8) is 0 Å². The first-order chi connectivity index (χ1) is 10.2. The fraction of sp³-hybridized carbons (Fsp3) is 0.706. The van der Waals surface area contributed by atoms with Crippen molar-refractivity contribution in [2.75, 3.05) is 18.0 Å². The summed E-state index contributed by atoms with van der Waals surface area (Å²) in [7, 11) is 0. The van der Waals surface area contributed by atoms with Gasteiger partial charge < -0.3 is 10.2 Å². The number of hydrogen-bond acceptors (Lipinski definition) is 3. The van der Waals surface area contributed by atoms with Crippen molar-refractivity contribution in [2.24, 2.45) is 5.92 Å². The number of anilines is 1. The lowest BCUT2D eigenvalue weighted by molar-refractivity contribution is 0.267. The molecule has 0 bridgehead atoms. The second-order valence-corrected chi connectivity index (χ2v) is 6.59. The SMILES string of the molecule is C[C@@H](N[C@@H]1CCN(c2ncccc2F)C1)C1CCCCC1. The summed E-state index contributed by atoms with van der Waals surface area (Å²) in [5.74, 6) is 1.12. The highest BCUT2D eigenvalue weighted by atomic mass is 19.1. The van der Waals surface area contributed by atoms with Crippen LogP contribution in [0, 0.1) is 11.7 Å². The number of rotatable bonds is 4. The molecule has 1 aliphatic carbocycles. The molecule has 1 saturated heterocycles. The standard InChI is InChI=1S/C17H26FN3/c1-13(14-6-3-2-4-7-14)20-15-9-11-21(12-15)17-16(18)8-5-10-19-17/h5,8,10,13-15,20H,2-4,6-7,9,11-12H2,1H3/t13-,15-/m1/s1. The quantitative estimate of drug-likeness (QED) is 0.922. The summed E-state index contributed by atoms with van der Waals surface area (Å²) in [4.78, 5) is 6.26. The highest BCUT2D eigenvalue weighted by Crippen LogP contribution is 2.27. The minimum absolute atomic E-state index is 0.210. The first-order valence-electron chi connectivity index (χ1n) is 8.35. The van der Waals surface area contributed by atoms with E-state index in [1.165, 1.54) is 38.2 Å². The monoisotopic (exact) mass is 291 g/mol. The van der Waals surface area contributed by atoms with Gasteiger partial charge in [0, 0.05) is 31.4 Å². The van der Waals surface area contributed by atoms with Gasteiger partial charge in [0.15, 0.2) is 11.6 Å². The third-order valence-corrected chi connectivity index (χ3v) is 5.08. The van der Waals surface area contributed by atoms with Gasteiger partial charge in [-0.1, -0.05) is 19.3 Å². The first kappa shape index (κ1) is 14.8. The summed E-state index contributed by atoms with van der Waals surface area (Å²) in [6, 6.07) is 4.18. The molecule has 0 radical (unpaired) electrons. The highest BCUT2D eigenvalue weighted by molar-refractivity contribution is 5.41. The first-order valence-corrected chi connectivity index (χ1v) is 8.35. The van der Waals surface area contributed by atoms with Crippen molar-refractivity contribution in [1.29, 1.82) is 0 Å². The van der Waals surface area contributed by atoms with Crippen molar-refractivity contribution in [3.8, 4) is 0 Å². The minimum Gasteiger partial charge on any atom is -0.353 e. The van der Waals surface area contributed by atoms with Crippen LogP contribution < -0.4 is 10.2 Å². The summed E-state index contributed by atoms with van der Waals surface area (Å²) >= 11 is 0. The van der Waals surface area contributed by atoms with Crippen LogP contribution >= 0.6 is 0 Å². The average Bonchev–Trinajstić information content (AvgIpc) is 2.97. The number of nitrogens with zero attached hydrogens (tertiary/aromatic N) is 2. The molecule has 0 aromatic carbocycles. The Bertz CT molecular complexity index is 459. The largest absolute Gasteiger partial charge is 0.353 e. The third kappa shape index (κ3) is 3.54. The zero-order valence-electron chi connectivity index (χ0n) is 12.9. The molecule has 2 heterocycles. The summed E-state index contributed by atoms with van der Waals surface area (Å²) in [5, 5.41) is 3.78. The van der Waals surface area contributed by atoms with Crippen LogP contribution in [0.4, 0.5) is 10.2 Å². The highest BCUT2D eigenvalue weighted by Gasteiger charge is 2.28. The molecule has 21 heavy (non-hydrogen) atoms. The van der Waals surface area contributed by atoms with Crippen LogP contribution in [-0.4, -0.2) is 30.2 Å². The molecule has 0 amide bonds. The zero-order chi connectivity index (χ0) is 14.7. The molecular weight excluding hydrogens is 265 g/mol. The maximum atomic E-state index is 13.8. The molecule has 1 N–H and O–H groups in total. The van der Waals surface area contributed by atoms with Crippen LogP contribution in [0.5, 0.6) is 0 Å². The Hall–Kier alpha value is -1.16. The van der Waals surface area contributed by atoms with E-state index in [4.69, 9.17) is 0 Å². The lowest BCUT2D eigenvalue weighted by Crippen LogP contribution is -2.43. The lowest BCUT2D eigenvalue weighted by Gasteiger charge is -2.30. The number of hydrogen-bond donors (Lipinski definition) is 1. The third-order valence-electron chi connectivity index (χ3n) is 5.08. The van der Waals surface area contributed by atoms with Gasteiger partial charge in [0.05, 0.1) is 0 Å². The van der Waals surface area contributed by atoms with E-state index in [0.717, 1.165) is 25.4 Å².